The van der Waals surface area contributed by atoms with Crippen LogP contribution in [-0.4, -0.2) is 0 Å². The van der Waals surface area contributed by atoms with Crippen LogP contribution in [0.3, 0.4) is 0 Å². The van der Waals surface area contributed by atoms with Crippen molar-refractivity contribution >= 4 is 0 Å². The van der Waals surface area contributed by atoms with Gasteiger partial charge < -0.3 is 5.73 Å². The highest BCUT2D eigenvalue weighted by Crippen LogP contribution is 2.13. The van der Waals surface area contributed by atoms with Crippen molar-refractivity contribution in [1.82, 2.24) is 0 Å². The van der Waals surface area contributed by atoms with Crippen molar-refractivity contribution in [1.29, 1.82) is 0 Å². The first-order valence-electron chi connectivity index (χ1n) is 4.44. The van der Waals surface area contributed by atoms with E-state index in [0.29, 0.717) is 6.42 Å². The van der Waals surface area contributed by atoms with E-state index in [4.69, 9.17) is 5.73 Å². The molecule has 0 aromatic heterocycles. The van der Waals surface area contributed by atoms with Gasteiger partial charge in [-0.2, -0.15) is 0 Å². The summed E-state index contributed by atoms with van der Waals surface area (Å²) in [7, 11) is 0. The lowest BCUT2D eigenvalue weighted by Crippen LogP contribution is -1.99. The fourth-order valence-electron chi connectivity index (χ4n) is 0.813. The summed E-state index contributed by atoms with van der Waals surface area (Å²) in [5.41, 5.74) is 9.61. The zero-order chi connectivity index (χ0) is 10.4. The molecule has 0 aromatic rings. The van der Waals surface area contributed by atoms with Gasteiger partial charge in [0.25, 0.3) is 0 Å². The standard InChI is InChI=1S/C12H19N/c1-6-10(4)7-12(13)8-11(5)9(2)3/h7H,2,4-6,8,13H2,1,3H3/b12-7-. The molecule has 0 heterocycles. The van der Waals surface area contributed by atoms with Crippen LogP contribution in [0, 0.1) is 0 Å². The third-order valence-electron chi connectivity index (χ3n) is 1.86. The van der Waals surface area contributed by atoms with Gasteiger partial charge >= 0.3 is 0 Å². The Kier molecular flexibility index (Phi) is 4.90. The number of hydrogen-bond donors (Lipinski definition) is 1. The lowest BCUT2D eigenvalue weighted by Gasteiger charge is -2.05. The molecular formula is C12H19N. The summed E-state index contributed by atoms with van der Waals surface area (Å²) < 4.78 is 0. The topological polar surface area (TPSA) is 26.0 Å². The summed E-state index contributed by atoms with van der Waals surface area (Å²) in [6.07, 6.45) is 3.53. The van der Waals surface area contributed by atoms with Crippen LogP contribution in [0.1, 0.15) is 26.7 Å². The van der Waals surface area contributed by atoms with Crippen molar-refractivity contribution in [3.63, 3.8) is 0 Å². The van der Waals surface area contributed by atoms with Gasteiger partial charge in [-0.25, -0.2) is 0 Å². The van der Waals surface area contributed by atoms with Gasteiger partial charge in [0.15, 0.2) is 0 Å². The third kappa shape index (κ3) is 5.07. The van der Waals surface area contributed by atoms with E-state index in [1.165, 1.54) is 0 Å². The van der Waals surface area contributed by atoms with Crippen LogP contribution in [0.2, 0.25) is 0 Å². The molecule has 0 spiro atoms. The Labute approximate surface area is 81.3 Å². The van der Waals surface area contributed by atoms with Crippen LogP contribution in [0.4, 0.5) is 0 Å². The van der Waals surface area contributed by atoms with Crippen LogP contribution in [0.25, 0.3) is 0 Å². The van der Waals surface area contributed by atoms with Crippen LogP contribution in [-0.2, 0) is 0 Å². The van der Waals surface area contributed by atoms with E-state index in [2.05, 4.69) is 26.7 Å². The molecule has 0 aliphatic rings. The Bertz CT molecular complexity index is 256. The molecule has 0 fully saturated rings. The van der Waals surface area contributed by atoms with Gasteiger partial charge in [-0.3, -0.25) is 0 Å². The predicted octanol–water partition coefficient (Wildman–Crippen LogP) is 3.32. The Hall–Kier alpha value is -1.24. The average molecular weight is 177 g/mol. The van der Waals surface area contributed by atoms with Gasteiger partial charge in [0.05, 0.1) is 0 Å². The minimum absolute atomic E-state index is 0.689. The van der Waals surface area contributed by atoms with Crippen molar-refractivity contribution < 1.29 is 0 Å². The molecule has 0 unspecified atom stereocenters. The summed E-state index contributed by atoms with van der Waals surface area (Å²) >= 11 is 0. The van der Waals surface area contributed by atoms with Crippen LogP contribution >= 0.6 is 0 Å². The van der Waals surface area contributed by atoms with Gasteiger partial charge in [0.1, 0.15) is 0 Å². The molecule has 72 valence electrons. The minimum Gasteiger partial charge on any atom is -0.402 e. The molecule has 0 radical (unpaired) electrons. The monoisotopic (exact) mass is 177 g/mol. The fraction of sp³-hybridized carbons (Fsp3) is 0.333. The zero-order valence-corrected chi connectivity index (χ0v) is 8.69. The van der Waals surface area contributed by atoms with E-state index in [-0.39, 0.29) is 0 Å². The van der Waals surface area contributed by atoms with Crippen molar-refractivity contribution in [3.05, 3.63) is 48.2 Å². The average Bonchev–Trinajstić information content (AvgIpc) is 2.03. The highest BCUT2D eigenvalue weighted by Gasteiger charge is 1.97. The SMILES string of the molecule is C=C(/C=C(\N)CC(=C)C(=C)C)CC. The Balaban J connectivity index is 4.22. The van der Waals surface area contributed by atoms with E-state index in [1.807, 2.05) is 13.0 Å². The minimum atomic E-state index is 0.689. The van der Waals surface area contributed by atoms with Gasteiger partial charge in [0, 0.05) is 12.1 Å². The zero-order valence-electron chi connectivity index (χ0n) is 8.69. The molecule has 13 heavy (non-hydrogen) atoms. The molecule has 0 aromatic carbocycles. The van der Waals surface area contributed by atoms with Gasteiger partial charge in [-0.05, 0) is 25.0 Å². The molecule has 0 saturated carbocycles. The first-order chi connectivity index (χ1) is 5.97. The maximum atomic E-state index is 5.79. The van der Waals surface area contributed by atoms with Crippen molar-refractivity contribution in [2.75, 3.05) is 0 Å². The van der Waals surface area contributed by atoms with E-state index in [9.17, 15) is 0 Å². The molecule has 0 aliphatic carbocycles. The van der Waals surface area contributed by atoms with Crippen LogP contribution in [0.15, 0.2) is 48.2 Å². The Morgan fingerprint density at radius 3 is 2.23 bits per heavy atom. The fourth-order valence-corrected chi connectivity index (χ4v) is 0.813. The second kappa shape index (κ2) is 5.41. The van der Waals surface area contributed by atoms with Crippen LogP contribution < -0.4 is 5.73 Å². The maximum Gasteiger partial charge on any atom is 0.0127 e. The summed E-state index contributed by atoms with van der Waals surface area (Å²) in [6.45, 7) is 15.5. The van der Waals surface area contributed by atoms with E-state index >= 15 is 0 Å². The van der Waals surface area contributed by atoms with Crippen molar-refractivity contribution in [2.45, 2.75) is 26.7 Å². The van der Waals surface area contributed by atoms with Crippen molar-refractivity contribution in [3.8, 4) is 0 Å². The largest absolute Gasteiger partial charge is 0.402 e. The lowest BCUT2D eigenvalue weighted by atomic mass is 10.0. The number of rotatable bonds is 5. The first-order valence-corrected chi connectivity index (χ1v) is 4.44. The van der Waals surface area contributed by atoms with E-state index in [0.717, 1.165) is 28.8 Å². The first kappa shape index (κ1) is 11.8. The number of hydrogen-bond acceptors (Lipinski definition) is 1. The van der Waals surface area contributed by atoms with E-state index < -0.39 is 0 Å². The van der Waals surface area contributed by atoms with E-state index in [1.54, 1.807) is 0 Å². The smallest absolute Gasteiger partial charge is 0.0127 e. The molecule has 0 rings (SSSR count). The molecule has 0 atom stereocenters. The maximum absolute atomic E-state index is 5.79. The molecule has 0 amide bonds. The molecule has 1 heteroatoms. The van der Waals surface area contributed by atoms with Gasteiger partial charge in [0.2, 0.25) is 0 Å². The molecule has 2 N–H and O–H groups in total. The Morgan fingerprint density at radius 2 is 1.85 bits per heavy atom. The molecular weight excluding hydrogens is 158 g/mol. The molecule has 0 aliphatic heterocycles. The molecule has 0 bridgehead atoms. The van der Waals surface area contributed by atoms with Crippen molar-refractivity contribution in [2.24, 2.45) is 5.73 Å². The summed E-state index contributed by atoms with van der Waals surface area (Å²) in [6, 6.07) is 0. The van der Waals surface area contributed by atoms with Gasteiger partial charge in [-0.15, -0.1) is 0 Å². The quantitative estimate of drug-likeness (QED) is 0.640. The normalized spacial score (nSPS) is 11.1. The highest BCUT2D eigenvalue weighted by molar-refractivity contribution is 5.30. The lowest BCUT2D eigenvalue weighted by molar-refractivity contribution is 1.07. The summed E-state index contributed by atoms with van der Waals surface area (Å²) in [5.74, 6) is 0. The highest BCUT2D eigenvalue weighted by atomic mass is 14.6. The second-order valence-electron chi connectivity index (χ2n) is 3.29. The Morgan fingerprint density at radius 1 is 1.31 bits per heavy atom. The number of nitrogens with two attached hydrogens (primary N) is 1. The van der Waals surface area contributed by atoms with Gasteiger partial charge in [-0.1, -0.05) is 37.8 Å². The van der Waals surface area contributed by atoms with Crippen LogP contribution in [0.5, 0.6) is 0 Å². The number of allylic oxidation sites excluding steroid dienone is 4. The molecule has 0 saturated heterocycles. The molecule has 1 nitrogen and oxygen atoms in total. The third-order valence-corrected chi connectivity index (χ3v) is 1.86. The predicted molar refractivity (Wildman–Crippen MR) is 60.3 cm³/mol. The summed E-state index contributed by atoms with van der Waals surface area (Å²) in [5, 5.41) is 0. The second-order valence-corrected chi connectivity index (χ2v) is 3.29. The summed E-state index contributed by atoms with van der Waals surface area (Å²) in [4.78, 5) is 0.